The Morgan fingerprint density at radius 1 is 1.21 bits per heavy atom. The van der Waals surface area contributed by atoms with Gasteiger partial charge in [-0.1, -0.05) is 13.8 Å². The normalized spacial score (nSPS) is 23.0. The van der Waals surface area contributed by atoms with Crippen LogP contribution >= 0.6 is 12.2 Å². The Balaban J connectivity index is 1.96. The van der Waals surface area contributed by atoms with Gasteiger partial charge in [0.25, 0.3) is 0 Å². The van der Waals surface area contributed by atoms with Crippen LogP contribution in [0.1, 0.15) is 20.3 Å². The number of hydrogen-bond donors (Lipinski definition) is 1. The van der Waals surface area contributed by atoms with Gasteiger partial charge in [-0.2, -0.15) is 0 Å². The fourth-order valence-corrected chi connectivity index (χ4v) is 2.97. The number of nitrogens with zero attached hydrogens (tertiary/aromatic N) is 1. The van der Waals surface area contributed by atoms with Crippen LogP contribution in [0.2, 0.25) is 0 Å². The van der Waals surface area contributed by atoms with Crippen molar-refractivity contribution in [1.82, 2.24) is 4.90 Å². The van der Waals surface area contributed by atoms with Gasteiger partial charge in [-0.15, -0.1) is 0 Å². The topological polar surface area (TPSA) is 24.5 Å². The molecule has 4 heteroatoms. The monoisotopic (exact) mass is 278 g/mol. The van der Waals surface area contributed by atoms with Gasteiger partial charge < -0.3 is 15.0 Å². The average molecular weight is 278 g/mol. The molecule has 0 amide bonds. The Labute approximate surface area is 120 Å². The maximum Gasteiger partial charge on any atom is 0.173 e. The molecule has 0 aromatic heterocycles. The molecule has 104 valence electrons. The molecule has 1 aromatic carbocycles. The summed E-state index contributed by atoms with van der Waals surface area (Å²) in [6.45, 7) is 6.68. The Morgan fingerprint density at radius 3 is 2.32 bits per heavy atom. The zero-order valence-electron chi connectivity index (χ0n) is 11.8. The summed E-state index contributed by atoms with van der Waals surface area (Å²) < 4.78 is 5.15. The molecule has 19 heavy (non-hydrogen) atoms. The highest BCUT2D eigenvalue weighted by Gasteiger charge is 2.23. The number of ether oxygens (including phenoxy) is 1. The summed E-state index contributed by atoms with van der Waals surface area (Å²) >= 11 is 5.51. The molecule has 0 radical (unpaired) electrons. The number of piperidine rings is 1. The Bertz CT molecular complexity index is 422. The number of methoxy groups -OCH3 is 1. The molecule has 1 aliphatic rings. The summed E-state index contributed by atoms with van der Waals surface area (Å²) in [6, 6.07) is 7.85. The van der Waals surface area contributed by atoms with Gasteiger partial charge in [0, 0.05) is 18.8 Å². The van der Waals surface area contributed by atoms with E-state index in [4.69, 9.17) is 17.0 Å². The van der Waals surface area contributed by atoms with Crippen LogP contribution < -0.4 is 10.1 Å². The molecule has 1 aromatic rings. The Kier molecular flexibility index (Phi) is 4.64. The lowest BCUT2D eigenvalue weighted by Gasteiger charge is -2.36. The van der Waals surface area contributed by atoms with Crippen LogP contribution in [0.4, 0.5) is 5.69 Å². The molecule has 2 rings (SSSR count). The van der Waals surface area contributed by atoms with E-state index in [9.17, 15) is 0 Å². The summed E-state index contributed by atoms with van der Waals surface area (Å²) in [6.07, 6.45) is 1.29. The van der Waals surface area contributed by atoms with Crippen molar-refractivity contribution < 1.29 is 4.74 Å². The molecule has 0 aliphatic carbocycles. The van der Waals surface area contributed by atoms with Crippen molar-refractivity contribution in [3.63, 3.8) is 0 Å². The van der Waals surface area contributed by atoms with Crippen LogP contribution in [0, 0.1) is 11.8 Å². The zero-order chi connectivity index (χ0) is 13.8. The average Bonchev–Trinajstić information content (AvgIpc) is 2.38. The highest BCUT2D eigenvalue weighted by Crippen LogP contribution is 2.22. The molecule has 1 saturated heterocycles. The van der Waals surface area contributed by atoms with Gasteiger partial charge in [-0.05, 0) is 54.7 Å². The van der Waals surface area contributed by atoms with Crippen LogP contribution in [0.5, 0.6) is 5.75 Å². The second-order valence-corrected chi connectivity index (χ2v) is 5.90. The van der Waals surface area contributed by atoms with Crippen molar-refractivity contribution in [3.05, 3.63) is 24.3 Å². The van der Waals surface area contributed by atoms with Crippen molar-refractivity contribution in [3.8, 4) is 5.75 Å². The maximum atomic E-state index is 5.51. The second-order valence-electron chi connectivity index (χ2n) is 5.51. The maximum absolute atomic E-state index is 5.51. The lowest BCUT2D eigenvalue weighted by molar-refractivity contribution is 0.216. The third kappa shape index (κ3) is 3.83. The first-order valence-corrected chi connectivity index (χ1v) is 7.19. The first kappa shape index (κ1) is 14.1. The smallest absolute Gasteiger partial charge is 0.173 e. The number of rotatable bonds is 2. The minimum atomic E-state index is 0.708. The second kappa shape index (κ2) is 6.24. The SMILES string of the molecule is COc1ccc(NC(=S)N2C[C@@H](C)C[C@H](C)C2)cc1. The van der Waals surface area contributed by atoms with Crippen LogP contribution in [0.3, 0.4) is 0 Å². The van der Waals surface area contributed by atoms with E-state index < -0.39 is 0 Å². The molecule has 0 spiro atoms. The number of benzene rings is 1. The van der Waals surface area contributed by atoms with Crippen molar-refractivity contribution in [1.29, 1.82) is 0 Å². The van der Waals surface area contributed by atoms with Gasteiger partial charge in [0.15, 0.2) is 5.11 Å². The molecular weight excluding hydrogens is 256 g/mol. The zero-order valence-corrected chi connectivity index (χ0v) is 12.7. The summed E-state index contributed by atoms with van der Waals surface area (Å²) in [5, 5.41) is 4.13. The van der Waals surface area contributed by atoms with E-state index in [1.807, 2.05) is 24.3 Å². The Hall–Kier alpha value is -1.29. The molecule has 1 aliphatic heterocycles. The lowest BCUT2D eigenvalue weighted by atomic mass is 9.92. The molecule has 3 nitrogen and oxygen atoms in total. The van der Waals surface area contributed by atoms with Crippen molar-refractivity contribution >= 4 is 23.0 Å². The number of thiocarbonyl (C=S) groups is 1. The molecule has 0 saturated carbocycles. The van der Waals surface area contributed by atoms with Gasteiger partial charge in [0.05, 0.1) is 7.11 Å². The van der Waals surface area contributed by atoms with Crippen LogP contribution in [-0.4, -0.2) is 30.2 Å². The van der Waals surface area contributed by atoms with Gasteiger partial charge >= 0.3 is 0 Å². The Morgan fingerprint density at radius 2 is 1.79 bits per heavy atom. The quantitative estimate of drug-likeness (QED) is 0.838. The standard InChI is InChI=1S/C15H22N2OS/c1-11-8-12(2)10-17(9-11)15(19)16-13-4-6-14(18-3)7-5-13/h4-7,11-12H,8-10H2,1-3H3,(H,16,19)/t11-,12-/m0/s1. The third-order valence-electron chi connectivity index (χ3n) is 3.50. The number of hydrogen-bond acceptors (Lipinski definition) is 2. The molecule has 1 heterocycles. The summed E-state index contributed by atoms with van der Waals surface area (Å²) in [5.41, 5.74) is 1.01. The lowest BCUT2D eigenvalue weighted by Crippen LogP contribution is -2.44. The predicted molar refractivity (Wildman–Crippen MR) is 83.7 cm³/mol. The third-order valence-corrected chi connectivity index (χ3v) is 3.86. The minimum absolute atomic E-state index is 0.708. The van der Waals surface area contributed by atoms with E-state index in [-0.39, 0.29) is 0 Å². The van der Waals surface area contributed by atoms with E-state index in [0.717, 1.165) is 29.6 Å². The van der Waals surface area contributed by atoms with E-state index in [1.54, 1.807) is 7.11 Å². The number of likely N-dealkylation sites (tertiary alicyclic amines) is 1. The number of anilines is 1. The minimum Gasteiger partial charge on any atom is -0.497 e. The summed E-state index contributed by atoms with van der Waals surface area (Å²) in [7, 11) is 1.67. The van der Waals surface area contributed by atoms with Gasteiger partial charge in [0.1, 0.15) is 5.75 Å². The van der Waals surface area contributed by atoms with Crippen LogP contribution in [0.15, 0.2) is 24.3 Å². The van der Waals surface area contributed by atoms with E-state index in [0.29, 0.717) is 11.8 Å². The van der Waals surface area contributed by atoms with Crippen molar-refractivity contribution in [2.24, 2.45) is 11.8 Å². The van der Waals surface area contributed by atoms with Gasteiger partial charge in [-0.3, -0.25) is 0 Å². The van der Waals surface area contributed by atoms with E-state index in [1.165, 1.54) is 6.42 Å². The van der Waals surface area contributed by atoms with Crippen LogP contribution in [-0.2, 0) is 0 Å². The molecular formula is C15H22N2OS. The highest BCUT2D eigenvalue weighted by atomic mass is 32.1. The van der Waals surface area contributed by atoms with Crippen molar-refractivity contribution in [2.75, 3.05) is 25.5 Å². The first-order valence-electron chi connectivity index (χ1n) is 6.78. The molecule has 0 bridgehead atoms. The fourth-order valence-electron chi connectivity index (χ4n) is 2.71. The highest BCUT2D eigenvalue weighted by molar-refractivity contribution is 7.80. The van der Waals surface area contributed by atoms with Gasteiger partial charge in [0.2, 0.25) is 0 Å². The van der Waals surface area contributed by atoms with E-state index >= 15 is 0 Å². The predicted octanol–water partition coefficient (Wildman–Crippen LogP) is 3.37. The van der Waals surface area contributed by atoms with Gasteiger partial charge in [-0.25, -0.2) is 0 Å². The molecule has 1 fully saturated rings. The van der Waals surface area contributed by atoms with E-state index in [2.05, 4.69) is 24.1 Å². The number of nitrogens with one attached hydrogen (secondary N) is 1. The molecule has 0 unspecified atom stereocenters. The van der Waals surface area contributed by atoms with Crippen LogP contribution in [0.25, 0.3) is 0 Å². The first-order chi connectivity index (χ1) is 9.08. The summed E-state index contributed by atoms with van der Waals surface area (Å²) in [4.78, 5) is 2.28. The largest absolute Gasteiger partial charge is 0.497 e. The summed E-state index contributed by atoms with van der Waals surface area (Å²) in [5.74, 6) is 2.27. The molecule has 2 atom stereocenters. The fraction of sp³-hybridized carbons (Fsp3) is 0.533. The molecule has 1 N–H and O–H groups in total. The van der Waals surface area contributed by atoms with Crippen molar-refractivity contribution in [2.45, 2.75) is 20.3 Å².